The molecule has 0 spiro atoms. The molecule has 0 heterocycles. The molecule has 0 N–H and O–H groups in total. The Labute approximate surface area is 193 Å². The van der Waals surface area contributed by atoms with E-state index in [0.717, 1.165) is 36.3 Å². The molecule has 2 aromatic rings. The third-order valence-corrected chi connectivity index (χ3v) is 8.25. The maximum absolute atomic E-state index is 14.4. The van der Waals surface area contributed by atoms with Crippen molar-refractivity contribution < 1.29 is 22.0 Å². The summed E-state index contributed by atoms with van der Waals surface area (Å²) in [6.45, 7) is 2.25. The SMILES string of the molecule is CCCCCCCC1CCC2CC(c3ccc4c(F)c(C(F)(F)F)c(F)cc4c3)CCC2C1. The Hall–Kier alpha value is -1.65. The van der Waals surface area contributed by atoms with E-state index in [4.69, 9.17) is 0 Å². The Kier molecular flexibility index (Phi) is 7.65. The van der Waals surface area contributed by atoms with Crippen molar-refractivity contribution in [2.75, 3.05) is 0 Å². The first-order valence-corrected chi connectivity index (χ1v) is 12.8. The zero-order valence-electron chi connectivity index (χ0n) is 19.5. The van der Waals surface area contributed by atoms with Gasteiger partial charge in [0.15, 0.2) is 0 Å². The van der Waals surface area contributed by atoms with Gasteiger partial charge in [0, 0.05) is 5.39 Å². The van der Waals surface area contributed by atoms with Gasteiger partial charge in [-0.1, -0.05) is 70.1 Å². The van der Waals surface area contributed by atoms with E-state index >= 15 is 0 Å². The molecule has 2 aromatic carbocycles. The van der Waals surface area contributed by atoms with Gasteiger partial charge in [0.1, 0.15) is 17.2 Å². The maximum atomic E-state index is 14.4. The topological polar surface area (TPSA) is 0 Å². The van der Waals surface area contributed by atoms with Gasteiger partial charge in [0.25, 0.3) is 0 Å². The molecule has 0 aromatic heterocycles. The summed E-state index contributed by atoms with van der Waals surface area (Å²) in [5.74, 6) is -0.409. The van der Waals surface area contributed by atoms with Crippen molar-refractivity contribution in [1.82, 2.24) is 0 Å². The Morgan fingerprint density at radius 2 is 1.58 bits per heavy atom. The molecule has 2 fully saturated rings. The summed E-state index contributed by atoms with van der Waals surface area (Å²) in [5, 5.41) is 0.0463. The molecule has 0 aliphatic heterocycles. The standard InChI is InChI=1S/C28H35F5/c1-2-3-4-5-6-7-18-8-9-20-15-21(11-10-19(20)14-18)22-12-13-24-23(16-22)17-25(29)26(27(24)30)28(31,32)33/h12-13,16-21H,2-11,14-15H2,1H3. The lowest BCUT2D eigenvalue weighted by molar-refractivity contribution is -0.142. The van der Waals surface area contributed by atoms with Crippen LogP contribution in [0.3, 0.4) is 0 Å². The minimum Gasteiger partial charge on any atom is -0.206 e. The summed E-state index contributed by atoms with van der Waals surface area (Å²) in [4.78, 5) is 0. The zero-order chi connectivity index (χ0) is 23.6. The Bertz CT molecular complexity index is 947. The van der Waals surface area contributed by atoms with Crippen LogP contribution in [0.5, 0.6) is 0 Å². The molecule has 2 saturated carbocycles. The van der Waals surface area contributed by atoms with Crippen LogP contribution >= 0.6 is 0 Å². The molecule has 4 atom stereocenters. The van der Waals surface area contributed by atoms with Gasteiger partial charge < -0.3 is 0 Å². The fourth-order valence-electron chi connectivity index (χ4n) is 6.45. The van der Waals surface area contributed by atoms with Crippen LogP contribution in [-0.4, -0.2) is 0 Å². The molecule has 4 rings (SSSR count). The van der Waals surface area contributed by atoms with Gasteiger partial charge in [0.2, 0.25) is 0 Å². The Balaban J connectivity index is 1.40. The van der Waals surface area contributed by atoms with Crippen molar-refractivity contribution in [3.05, 3.63) is 47.0 Å². The van der Waals surface area contributed by atoms with E-state index in [9.17, 15) is 22.0 Å². The van der Waals surface area contributed by atoms with Gasteiger partial charge in [-0.2, -0.15) is 13.2 Å². The highest BCUT2D eigenvalue weighted by Crippen LogP contribution is 2.49. The van der Waals surface area contributed by atoms with Crippen LogP contribution in [-0.2, 0) is 6.18 Å². The average Bonchev–Trinajstić information content (AvgIpc) is 2.77. The largest absolute Gasteiger partial charge is 0.422 e. The minimum absolute atomic E-state index is 0.166. The summed E-state index contributed by atoms with van der Waals surface area (Å²) < 4.78 is 67.6. The monoisotopic (exact) mass is 466 g/mol. The second-order valence-corrected chi connectivity index (χ2v) is 10.4. The molecule has 33 heavy (non-hydrogen) atoms. The lowest BCUT2D eigenvalue weighted by atomic mass is 9.63. The fraction of sp³-hybridized carbons (Fsp3) is 0.643. The first kappa shape index (κ1) is 24.5. The van der Waals surface area contributed by atoms with Crippen molar-refractivity contribution in [2.24, 2.45) is 17.8 Å². The Morgan fingerprint density at radius 1 is 0.848 bits per heavy atom. The van der Waals surface area contributed by atoms with Gasteiger partial charge in [-0.05, 0) is 72.8 Å². The number of benzene rings is 2. The molecule has 2 aliphatic carbocycles. The van der Waals surface area contributed by atoms with E-state index in [1.54, 1.807) is 12.1 Å². The summed E-state index contributed by atoms with van der Waals surface area (Å²) in [5.41, 5.74) is -0.803. The van der Waals surface area contributed by atoms with Crippen molar-refractivity contribution in [1.29, 1.82) is 0 Å². The molecule has 0 nitrogen and oxygen atoms in total. The number of hydrogen-bond donors (Lipinski definition) is 0. The number of unbranched alkanes of at least 4 members (excludes halogenated alkanes) is 4. The van der Waals surface area contributed by atoms with E-state index in [1.165, 1.54) is 70.3 Å². The van der Waals surface area contributed by atoms with Crippen LogP contribution in [0.15, 0.2) is 24.3 Å². The molecule has 0 bridgehead atoms. The van der Waals surface area contributed by atoms with Crippen molar-refractivity contribution in [3.63, 3.8) is 0 Å². The molecule has 182 valence electrons. The number of fused-ring (bicyclic) bond motifs is 2. The third-order valence-electron chi connectivity index (χ3n) is 8.25. The molecule has 5 heteroatoms. The van der Waals surface area contributed by atoms with Crippen molar-refractivity contribution in [3.8, 4) is 0 Å². The predicted molar refractivity (Wildman–Crippen MR) is 123 cm³/mol. The van der Waals surface area contributed by atoms with Crippen LogP contribution < -0.4 is 0 Å². The van der Waals surface area contributed by atoms with Crippen LogP contribution in [0.4, 0.5) is 22.0 Å². The predicted octanol–water partition coefficient (Wildman–Crippen LogP) is 9.80. The molecule has 0 amide bonds. The summed E-state index contributed by atoms with van der Waals surface area (Å²) in [7, 11) is 0. The maximum Gasteiger partial charge on any atom is 0.422 e. The summed E-state index contributed by atoms with van der Waals surface area (Å²) >= 11 is 0. The van der Waals surface area contributed by atoms with Gasteiger partial charge in [-0.3, -0.25) is 0 Å². The number of hydrogen-bond acceptors (Lipinski definition) is 0. The summed E-state index contributed by atoms with van der Waals surface area (Å²) in [6, 6.07) is 5.68. The third kappa shape index (κ3) is 5.54. The normalized spacial score (nSPS) is 25.9. The van der Waals surface area contributed by atoms with E-state index in [1.807, 2.05) is 0 Å². The van der Waals surface area contributed by atoms with Crippen LogP contribution in [0.25, 0.3) is 10.8 Å². The molecule has 4 unspecified atom stereocenters. The van der Waals surface area contributed by atoms with Gasteiger partial charge in [-0.15, -0.1) is 0 Å². The zero-order valence-corrected chi connectivity index (χ0v) is 19.5. The van der Waals surface area contributed by atoms with E-state index < -0.39 is 23.4 Å². The molecule has 2 aliphatic rings. The van der Waals surface area contributed by atoms with Gasteiger partial charge in [-0.25, -0.2) is 8.78 Å². The van der Waals surface area contributed by atoms with E-state index in [2.05, 4.69) is 6.92 Å². The average molecular weight is 467 g/mol. The Morgan fingerprint density at radius 3 is 2.33 bits per heavy atom. The van der Waals surface area contributed by atoms with Crippen LogP contribution in [0.2, 0.25) is 0 Å². The van der Waals surface area contributed by atoms with Crippen molar-refractivity contribution >= 4 is 10.8 Å². The smallest absolute Gasteiger partial charge is 0.206 e. The highest BCUT2D eigenvalue weighted by Gasteiger charge is 2.39. The molecule has 0 saturated heterocycles. The highest BCUT2D eigenvalue weighted by atomic mass is 19.4. The molecular formula is C28H35F5. The fourth-order valence-corrected chi connectivity index (χ4v) is 6.45. The lowest BCUT2D eigenvalue weighted by Crippen LogP contribution is -2.30. The quantitative estimate of drug-likeness (QED) is 0.281. The van der Waals surface area contributed by atoms with E-state index in [-0.39, 0.29) is 10.8 Å². The number of alkyl halides is 3. The number of halogens is 5. The lowest BCUT2D eigenvalue weighted by Gasteiger charge is -2.42. The van der Waals surface area contributed by atoms with E-state index in [0.29, 0.717) is 11.8 Å². The molecular weight excluding hydrogens is 431 g/mol. The first-order chi connectivity index (χ1) is 15.8. The van der Waals surface area contributed by atoms with Crippen LogP contribution in [0.1, 0.15) is 101 Å². The first-order valence-electron chi connectivity index (χ1n) is 12.8. The second-order valence-electron chi connectivity index (χ2n) is 10.4. The van der Waals surface area contributed by atoms with Crippen molar-refractivity contribution in [2.45, 2.75) is 96.1 Å². The molecule has 0 radical (unpaired) electrons. The number of rotatable bonds is 7. The highest BCUT2D eigenvalue weighted by molar-refractivity contribution is 5.85. The van der Waals surface area contributed by atoms with Gasteiger partial charge in [0.05, 0.1) is 0 Å². The summed E-state index contributed by atoms with van der Waals surface area (Å²) in [6.07, 6.45) is 10.2. The van der Waals surface area contributed by atoms with Gasteiger partial charge >= 0.3 is 6.18 Å². The van der Waals surface area contributed by atoms with Crippen LogP contribution in [0, 0.1) is 29.4 Å². The minimum atomic E-state index is -5.05. The second kappa shape index (κ2) is 10.3.